The maximum absolute atomic E-state index is 9.04. The number of hydrogen-bond acceptors (Lipinski definition) is 2. The summed E-state index contributed by atoms with van der Waals surface area (Å²) in [4.78, 5) is 4.64. The van der Waals surface area contributed by atoms with Crippen LogP contribution in [0.2, 0.25) is 0 Å². The third kappa shape index (κ3) is 2.35. The number of aromatic nitrogens is 2. The Morgan fingerprint density at radius 1 is 1.30 bits per heavy atom. The minimum Gasteiger partial charge on any atom is -0.327 e. The molecule has 1 aliphatic carbocycles. The highest BCUT2D eigenvalue weighted by Crippen LogP contribution is 2.41. The van der Waals surface area contributed by atoms with Crippen molar-refractivity contribution in [1.29, 1.82) is 5.26 Å². The summed E-state index contributed by atoms with van der Waals surface area (Å²) in [5.74, 6) is 0.904. The predicted octanol–water partition coefficient (Wildman–Crippen LogP) is 4.06. The molecular weight excluding hydrogens is 314 g/mol. The van der Waals surface area contributed by atoms with Crippen molar-refractivity contribution in [1.82, 2.24) is 9.55 Å². The fourth-order valence-electron chi connectivity index (χ4n) is 3.30. The van der Waals surface area contributed by atoms with Crippen LogP contribution in [0.3, 0.4) is 0 Å². The van der Waals surface area contributed by atoms with Crippen molar-refractivity contribution in [3.05, 3.63) is 30.1 Å². The predicted molar refractivity (Wildman–Crippen MR) is 83.7 cm³/mol. The summed E-state index contributed by atoms with van der Waals surface area (Å²) in [5, 5.41) is 10.1. The Balaban J connectivity index is 2.04. The van der Waals surface area contributed by atoms with Gasteiger partial charge in [-0.2, -0.15) is 5.26 Å². The van der Waals surface area contributed by atoms with Crippen LogP contribution in [0, 0.1) is 16.7 Å². The number of alkyl halides is 1. The Morgan fingerprint density at radius 3 is 2.75 bits per heavy atom. The Morgan fingerprint density at radius 2 is 2.05 bits per heavy atom. The molecule has 0 saturated heterocycles. The van der Waals surface area contributed by atoms with Crippen LogP contribution in [0.1, 0.15) is 31.5 Å². The van der Waals surface area contributed by atoms with Gasteiger partial charge in [-0.05, 0) is 30.4 Å². The molecule has 4 heteroatoms. The number of nitrogens with zero attached hydrogens (tertiary/aromatic N) is 3. The van der Waals surface area contributed by atoms with Gasteiger partial charge in [0.15, 0.2) is 0 Å². The van der Waals surface area contributed by atoms with Gasteiger partial charge in [0.1, 0.15) is 5.82 Å². The van der Waals surface area contributed by atoms with Crippen LogP contribution in [0.15, 0.2) is 24.3 Å². The van der Waals surface area contributed by atoms with Crippen LogP contribution in [0.4, 0.5) is 0 Å². The van der Waals surface area contributed by atoms with Crippen molar-refractivity contribution in [3.63, 3.8) is 0 Å². The van der Waals surface area contributed by atoms with Crippen molar-refractivity contribution < 1.29 is 0 Å². The minimum atomic E-state index is 0.327. The van der Waals surface area contributed by atoms with Crippen LogP contribution < -0.4 is 0 Å². The molecule has 0 bridgehead atoms. The molecule has 1 aromatic heterocycles. The standard InChI is InChI=1S/C16H18BrN3/c17-11-16(8-3-4-9-16)12-20-14-6-2-1-5-13(14)19-15(20)7-10-18/h1-2,5-6H,3-4,7-9,11-12H2. The first-order valence-electron chi connectivity index (χ1n) is 7.15. The molecule has 1 heterocycles. The molecule has 20 heavy (non-hydrogen) atoms. The summed E-state index contributed by atoms with van der Waals surface area (Å²) in [6.07, 6.45) is 5.53. The van der Waals surface area contributed by atoms with Crippen molar-refractivity contribution in [2.24, 2.45) is 5.41 Å². The lowest BCUT2D eigenvalue weighted by Crippen LogP contribution is -2.26. The van der Waals surface area contributed by atoms with E-state index in [0.717, 1.165) is 28.7 Å². The minimum absolute atomic E-state index is 0.327. The van der Waals surface area contributed by atoms with Gasteiger partial charge in [0.25, 0.3) is 0 Å². The van der Waals surface area contributed by atoms with Gasteiger partial charge < -0.3 is 4.57 Å². The average Bonchev–Trinajstić information content (AvgIpc) is 3.07. The summed E-state index contributed by atoms with van der Waals surface area (Å²) in [6, 6.07) is 10.4. The van der Waals surface area contributed by atoms with E-state index < -0.39 is 0 Å². The molecule has 0 amide bonds. The van der Waals surface area contributed by atoms with Gasteiger partial charge in [-0.3, -0.25) is 0 Å². The fraction of sp³-hybridized carbons (Fsp3) is 0.500. The van der Waals surface area contributed by atoms with E-state index in [1.54, 1.807) is 0 Å². The van der Waals surface area contributed by atoms with Crippen molar-refractivity contribution in [2.75, 3.05) is 5.33 Å². The Labute approximate surface area is 127 Å². The smallest absolute Gasteiger partial charge is 0.124 e. The molecule has 2 aromatic rings. The van der Waals surface area contributed by atoms with Crippen molar-refractivity contribution in [3.8, 4) is 6.07 Å². The molecule has 3 rings (SSSR count). The highest BCUT2D eigenvalue weighted by atomic mass is 79.9. The molecule has 0 spiro atoms. The number of benzene rings is 1. The largest absolute Gasteiger partial charge is 0.327 e. The lowest BCUT2D eigenvalue weighted by molar-refractivity contribution is 0.292. The van der Waals surface area contributed by atoms with Crippen LogP contribution in [0.5, 0.6) is 0 Å². The molecule has 104 valence electrons. The molecular formula is C16H18BrN3. The lowest BCUT2D eigenvalue weighted by Gasteiger charge is -2.28. The molecule has 1 saturated carbocycles. The highest BCUT2D eigenvalue weighted by Gasteiger charge is 2.34. The van der Waals surface area contributed by atoms with Crippen LogP contribution in [-0.4, -0.2) is 14.9 Å². The van der Waals surface area contributed by atoms with E-state index in [2.05, 4.69) is 37.6 Å². The van der Waals surface area contributed by atoms with E-state index in [-0.39, 0.29) is 0 Å². The van der Waals surface area contributed by atoms with Crippen LogP contribution in [-0.2, 0) is 13.0 Å². The third-order valence-corrected chi connectivity index (χ3v) is 5.60. The second kappa shape index (κ2) is 5.57. The number of rotatable bonds is 4. The second-order valence-corrected chi connectivity index (χ2v) is 6.34. The number of fused-ring (bicyclic) bond motifs is 1. The number of hydrogen-bond donors (Lipinski definition) is 0. The van der Waals surface area contributed by atoms with Crippen molar-refractivity contribution in [2.45, 2.75) is 38.6 Å². The topological polar surface area (TPSA) is 41.6 Å². The Kier molecular flexibility index (Phi) is 3.80. The van der Waals surface area contributed by atoms with Gasteiger partial charge in [0.2, 0.25) is 0 Å². The summed E-state index contributed by atoms with van der Waals surface area (Å²) in [7, 11) is 0. The zero-order valence-corrected chi connectivity index (χ0v) is 13.1. The van der Waals surface area contributed by atoms with E-state index in [0.29, 0.717) is 11.8 Å². The van der Waals surface area contributed by atoms with E-state index >= 15 is 0 Å². The normalized spacial score (nSPS) is 17.4. The molecule has 0 N–H and O–H groups in total. The summed E-state index contributed by atoms with van der Waals surface area (Å²) < 4.78 is 2.27. The van der Waals surface area contributed by atoms with E-state index in [1.165, 1.54) is 25.7 Å². The fourth-order valence-corrected chi connectivity index (χ4v) is 4.04. The van der Waals surface area contributed by atoms with Gasteiger partial charge in [-0.15, -0.1) is 0 Å². The number of para-hydroxylation sites is 2. The van der Waals surface area contributed by atoms with Gasteiger partial charge in [0.05, 0.1) is 23.5 Å². The molecule has 3 nitrogen and oxygen atoms in total. The maximum atomic E-state index is 9.04. The first-order chi connectivity index (χ1) is 9.78. The second-order valence-electron chi connectivity index (χ2n) is 5.78. The summed E-state index contributed by atoms with van der Waals surface area (Å²) >= 11 is 3.71. The quantitative estimate of drug-likeness (QED) is 0.793. The molecule has 0 aliphatic heterocycles. The first-order valence-corrected chi connectivity index (χ1v) is 8.27. The van der Waals surface area contributed by atoms with Gasteiger partial charge in [-0.25, -0.2) is 4.98 Å². The Hall–Kier alpha value is -1.34. The molecule has 0 radical (unpaired) electrons. The average molecular weight is 332 g/mol. The highest BCUT2D eigenvalue weighted by molar-refractivity contribution is 9.09. The number of halogens is 1. The molecule has 1 aromatic carbocycles. The van der Waals surface area contributed by atoms with Crippen LogP contribution >= 0.6 is 15.9 Å². The Bertz CT molecular complexity index is 647. The summed E-state index contributed by atoms with van der Waals surface area (Å²) in [6.45, 7) is 0.968. The van der Waals surface area contributed by atoms with Crippen molar-refractivity contribution >= 4 is 27.0 Å². The number of imidazole rings is 1. The lowest BCUT2D eigenvalue weighted by atomic mass is 9.88. The van der Waals surface area contributed by atoms with E-state index in [1.807, 2.05) is 18.2 Å². The first kappa shape index (κ1) is 13.6. The maximum Gasteiger partial charge on any atom is 0.124 e. The molecule has 1 fully saturated rings. The zero-order chi connectivity index (χ0) is 14.0. The zero-order valence-electron chi connectivity index (χ0n) is 11.5. The van der Waals surface area contributed by atoms with Gasteiger partial charge >= 0.3 is 0 Å². The third-order valence-electron chi connectivity index (χ3n) is 4.41. The monoisotopic (exact) mass is 331 g/mol. The van der Waals surface area contributed by atoms with Gasteiger partial charge in [0, 0.05) is 11.9 Å². The van der Waals surface area contributed by atoms with Gasteiger partial charge in [-0.1, -0.05) is 40.9 Å². The number of nitriles is 1. The molecule has 0 unspecified atom stereocenters. The SMILES string of the molecule is N#CCc1nc2ccccc2n1CC1(CBr)CCCC1. The molecule has 0 atom stereocenters. The van der Waals surface area contributed by atoms with Crippen LogP contribution in [0.25, 0.3) is 11.0 Å². The van der Waals surface area contributed by atoms with E-state index in [4.69, 9.17) is 5.26 Å². The summed E-state index contributed by atoms with van der Waals surface area (Å²) in [5.41, 5.74) is 2.48. The van der Waals surface area contributed by atoms with E-state index in [9.17, 15) is 0 Å². The molecule has 1 aliphatic rings.